The number of carbonyl (C=O) groups is 7. The summed E-state index contributed by atoms with van der Waals surface area (Å²) < 4.78 is 58.3. The van der Waals surface area contributed by atoms with E-state index in [9.17, 15) is 33.6 Å². The maximum absolute atomic E-state index is 13.9. The van der Waals surface area contributed by atoms with Crippen LogP contribution in [0, 0.1) is 0 Å². The number of hydrogen-bond acceptors (Lipinski definition) is 17. The summed E-state index contributed by atoms with van der Waals surface area (Å²) in [6.45, 7) is 10.4. The van der Waals surface area contributed by atoms with Gasteiger partial charge in [0.1, 0.15) is 25.2 Å². The van der Waals surface area contributed by atoms with Gasteiger partial charge >= 0.3 is 36.1 Å². The molecule has 3 aliphatic rings. The minimum absolute atomic E-state index is 0.0195. The van der Waals surface area contributed by atoms with Crippen LogP contribution in [0.15, 0.2) is 127 Å². The first-order chi connectivity index (χ1) is 39.4. The van der Waals surface area contributed by atoms with Gasteiger partial charge in [-0.25, -0.2) is 14.4 Å². The van der Waals surface area contributed by atoms with Crippen molar-refractivity contribution in [2.24, 2.45) is 0 Å². The van der Waals surface area contributed by atoms with Crippen molar-refractivity contribution in [1.29, 1.82) is 0 Å². The summed E-state index contributed by atoms with van der Waals surface area (Å²) in [4.78, 5) is 92.8. The van der Waals surface area contributed by atoms with Crippen LogP contribution >= 0.6 is 0 Å². The molecule has 2 heterocycles. The molecule has 2 fully saturated rings. The van der Waals surface area contributed by atoms with E-state index in [0.29, 0.717) is 31.6 Å². The Morgan fingerprint density at radius 3 is 1.89 bits per heavy atom. The van der Waals surface area contributed by atoms with Gasteiger partial charge in [-0.1, -0.05) is 136 Å². The Bertz CT molecular complexity index is 3000. The Morgan fingerprint density at radius 2 is 1.29 bits per heavy atom. The van der Waals surface area contributed by atoms with Gasteiger partial charge in [0.25, 0.3) is 8.32 Å². The molecule has 82 heavy (non-hydrogen) atoms. The summed E-state index contributed by atoms with van der Waals surface area (Å²) in [5.41, 5.74) is 4.57. The summed E-state index contributed by atoms with van der Waals surface area (Å²) in [5, 5.41) is 7.49. The van der Waals surface area contributed by atoms with Gasteiger partial charge in [0.05, 0.1) is 25.9 Å². The maximum atomic E-state index is 13.9. The third kappa shape index (κ3) is 14.1. The molecule has 20 nitrogen and oxygen atoms in total. The van der Waals surface area contributed by atoms with E-state index in [2.05, 4.69) is 55.7 Å². The zero-order valence-corrected chi connectivity index (χ0v) is 47.9. The molecule has 0 radical (unpaired) electrons. The van der Waals surface area contributed by atoms with Gasteiger partial charge in [0, 0.05) is 46.3 Å². The van der Waals surface area contributed by atoms with Gasteiger partial charge in [-0.05, 0) is 68.2 Å². The molecule has 2 saturated heterocycles. The zero-order chi connectivity index (χ0) is 58.6. The first kappa shape index (κ1) is 60.0. The number of anilines is 1. The molecular formula is C61H69N3O17Si. The van der Waals surface area contributed by atoms with Crippen molar-refractivity contribution in [3.63, 3.8) is 0 Å². The fraction of sp³-hybridized carbons (Fsp3) is 0.393. The number of hydrogen-bond donors (Lipinski definition) is 2. The molecular weight excluding hydrogens is 1070 g/mol. The van der Waals surface area contributed by atoms with Gasteiger partial charge in [0.15, 0.2) is 18.3 Å². The van der Waals surface area contributed by atoms with Gasteiger partial charge < -0.3 is 57.7 Å². The molecule has 2 N–H and O–H groups in total. The first-order valence-corrected chi connectivity index (χ1v) is 29.0. The number of nitrogens with zero attached hydrogens (tertiary/aromatic N) is 1. The number of benzene rings is 5. The Labute approximate surface area is 477 Å². The molecule has 5 aromatic rings. The molecule has 6 atom stereocenters. The Kier molecular flexibility index (Phi) is 19.8. The van der Waals surface area contributed by atoms with Crippen LogP contribution in [0.2, 0.25) is 5.04 Å². The maximum Gasteiger partial charge on any atom is 0.412 e. The Balaban J connectivity index is 0.964. The smallest absolute Gasteiger partial charge is 0.412 e. The lowest BCUT2D eigenvalue weighted by Crippen LogP contribution is -2.66. The standard InChI is InChI=1S/C61H69N3O17Si/c1-38(65)77-53-54(78-39(2)66)56(79-40(3)67)58(81-55(53)57(69)72-7)80-50-29-28-41(35-49(50)63-51(68)30-31-62-59(70)74-37-48-46-25-16-14-23-44(46)45-24-15-17-26-47(45)48)36-75-60(71)64-32-34-73-52(64)27-18-33-76-82(61(4,5)6,42-19-10-8-11-20-42)43-21-12-9-13-22-43/h8-17,19-26,28-29,35,48,52-56,58H,18,27,30-34,36-37H2,1-7H3,(H,62,70)(H,63,68)/t52?,53-,54+,55-,56-,58+/m0/s1. The molecule has 8 rings (SSSR count). The van der Waals surface area contributed by atoms with E-state index in [4.69, 9.17) is 47.1 Å². The summed E-state index contributed by atoms with van der Waals surface area (Å²) in [7, 11) is -1.75. The third-order valence-corrected chi connectivity index (χ3v) is 19.3. The van der Waals surface area contributed by atoms with Crippen LogP contribution in [0.4, 0.5) is 15.3 Å². The van der Waals surface area contributed by atoms with Crippen LogP contribution in [0.25, 0.3) is 11.1 Å². The molecule has 0 spiro atoms. The minimum Gasteiger partial charge on any atom is -0.467 e. The number of nitrogens with one attached hydrogen (secondary N) is 2. The highest BCUT2D eigenvalue weighted by Gasteiger charge is 2.56. The molecule has 1 unspecified atom stereocenters. The summed E-state index contributed by atoms with van der Waals surface area (Å²) >= 11 is 0. The molecule has 0 aromatic heterocycles. The van der Waals surface area contributed by atoms with Crippen molar-refractivity contribution >= 4 is 66.3 Å². The Hall–Kier alpha value is -8.11. The van der Waals surface area contributed by atoms with Gasteiger partial charge in [-0.3, -0.25) is 24.1 Å². The molecule has 5 aromatic carbocycles. The minimum atomic E-state index is -2.80. The lowest BCUT2D eigenvalue weighted by Gasteiger charge is -2.43. The summed E-state index contributed by atoms with van der Waals surface area (Å²) in [6, 6.07) is 40.9. The lowest BCUT2D eigenvalue weighted by atomic mass is 9.97. The molecule has 2 aliphatic heterocycles. The second-order valence-electron chi connectivity index (χ2n) is 20.9. The van der Waals surface area contributed by atoms with E-state index >= 15 is 0 Å². The number of fused-ring (bicyclic) bond motifs is 3. The van der Waals surface area contributed by atoms with E-state index < -0.39 is 87.2 Å². The predicted molar refractivity (Wildman–Crippen MR) is 300 cm³/mol. The molecule has 3 amide bonds. The van der Waals surface area contributed by atoms with Crippen molar-refractivity contribution in [2.45, 2.75) is 115 Å². The fourth-order valence-corrected chi connectivity index (χ4v) is 15.4. The number of ether oxygens (including phenoxy) is 9. The highest BCUT2D eigenvalue weighted by molar-refractivity contribution is 6.99. The Morgan fingerprint density at radius 1 is 0.707 bits per heavy atom. The van der Waals surface area contributed by atoms with Crippen molar-refractivity contribution in [1.82, 2.24) is 10.2 Å². The van der Waals surface area contributed by atoms with Crippen LogP contribution in [0.3, 0.4) is 0 Å². The molecule has 21 heteroatoms. The van der Waals surface area contributed by atoms with Crippen LogP contribution in [-0.4, -0.2) is 132 Å². The highest BCUT2D eigenvalue weighted by atomic mass is 28.4. The van der Waals surface area contributed by atoms with Crippen LogP contribution < -0.4 is 25.7 Å². The number of rotatable bonds is 21. The quantitative estimate of drug-likeness (QED) is 0.0318. The number of esters is 4. The molecule has 0 saturated carbocycles. The van der Waals surface area contributed by atoms with Crippen molar-refractivity contribution in [2.75, 3.05) is 45.3 Å². The van der Waals surface area contributed by atoms with Crippen LogP contribution in [0.5, 0.6) is 5.75 Å². The van der Waals surface area contributed by atoms with E-state index in [-0.39, 0.29) is 55.1 Å². The topological polar surface area (TPSA) is 239 Å². The second-order valence-corrected chi connectivity index (χ2v) is 25.2. The summed E-state index contributed by atoms with van der Waals surface area (Å²) in [5.74, 6) is -4.65. The average Bonchev–Trinajstić information content (AvgIpc) is 2.64. The number of amides is 3. The number of methoxy groups -OCH3 is 1. The largest absolute Gasteiger partial charge is 0.467 e. The van der Waals surface area contributed by atoms with Crippen LogP contribution in [0.1, 0.15) is 83.4 Å². The number of carbonyl (C=O) groups excluding carboxylic acids is 7. The van der Waals surface area contributed by atoms with E-state index in [1.807, 2.05) is 84.9 Å². The normalized spacial score (nSPS) is 19.4. The third-order valence-electron chi connectivity index (χ3n) is 14.3. The van der Waals surface area contributed by atoms with Gasteiger partial charge in [0.2, 0.25) is 18.3 Å². The lowest BCUT2D eigenvalue weighted by molar-refractivity contribution is -0.282. The van der Waals surface area contributed by atoms with Crippen molar-refractivity contribution in [3.05, 3.63) is 144 Å². The fourth-order valence-electron chi connectivity index (χ4n) is 10.7. The van der Waals surface area contributed by atoms with E-state index in [1.54, 1.807) is 0 Å². The predicted octanol–water partition coefficient (Wildman–Crippen LogP) is 7.28. The second kappa shape index (κ2) is 27.1. The number of alkyl carbamates (subject to hydrolysis) is 1. The van der Waals surface area contributed by atoms with E-state index in [0.717, 1.165) is 60.5 Å². The van der Waals surface area contributed by atoms with Crippen LogP contribution in [-0.2, 0) is 72.9 Å². The zero-order valence-electron chi connectivity index (χ0n) is 46.9. The average molecular weight is 1140 g/mol. The van der Waals surface area contributed by atoms with Gasteiger partial charge in [-0.15, -0.1) is 0 Å². The SMILES string of the molecule is COC(=O)[C@H]1O[C@@H](Oc2ccc(COC(=O)N3CCOC3CCCO[Si](c3ccccc3)(c3ccccc3)C(C)(C)C)cc2NC(=O)CCNC(=O)OCC2c3ccccc3-c3ccccc32)[C@@H](OC(C)=O)[C@H](OC(C)=O)[C@@H]1OC(C)=O. The summed E-state index contributed by atoms with van der Waals surface area (Å²) in [6.07, 6.45) is -9.73. The van der Waals surface area contributed by atoms with E-state index in [1.165, 1.54) is 23.1 Å². The van der Waals surface area contributed by atoms with Crippen molar-refractivity contribution < 1.29 is 80.6 Å². The monoisotopic (exact) mass is 1140 g/mol. The molecule has 434 valence electrons. The van der Waals surface area contributed by atoms with Gasteiger partial charge in [-0.2, -0.15) is 0 Å². The molecule has 0 bridgehead atoms. The first-order valence-electron chi connectivity index (χ1n) is 27.1. The molecule has 1 aliphatic carbocycles. The van der Waals surface area contributed by atoms with Crippen molar-refractivity contribution in [3.8, 4) is 16.9 Å². The highest BCUT2D eigenvalue weighted by Crippen LogP contribution is 2.45.